The van der Waals surface area contributed by atoms with E-state index < -0.39 is 0 Å². The molecule has 6 nitrogen and oxygen atoms in total. The van der Waals surface area contributed by atoms with Crippen LogP contribution in [0.25, 0.3) is 0 Å². The number of nitrogens with one attached hydrogen (secondary N) is 2. The third kappa shape index (κ3) is 5.81. The lowest BCUT2D eigenvalue weighted by Crippen LogP contribution is -2.45. The highest BCUT2D eigenvalue weighted by molar-refractivity contribution is 5.75. The van der Waals surface area contributed by atoms with E-state index in [0.717, 1.165) is 11.1 Å². The molecule has 26 heavy (non-hydrogen) atoms. The van der Waals surface area contributed by atoms with Gasteiger partial charge in [0.2, 0.25) is 0 Å². The summed E-state index contributed by atoms with van der Waals surface area (Å²) in [6.07, 6.45) is 0. The van der Waals surface area contributed by atoms with Gasteiger partial charge in [0.25, 0.3) is 0 Å². The normalized spacial score (nSPS) is 10.1. The monoisotopic (exact) mass is 354 g/mol. The highest BCUT2D eigenvalue weighted by Gasteiger charge is 2.17. The summed E-state index contributed by atoms with van der Waals surface area (Å²) in [5, 5.41) is 5.34. The number of amides is 4. The molecule has 2 aromatic rings. The minimum absolute atomic E-state index is 0.162. The van der Waals surface area contributed by atoms with E-state index in [1.165, 1.54) is 0 Å². The molecule has 0 aliphatic carbocycles. The van der Waals surface area contributed by atoms with Crippen LogP contribution < -0.4 is 10.6 Å². The van der Waals surface area contributed by atoms with Crippen LogP contribution in [0.15, 0.2) is 60.7 Å². The summed E-state index contributed by atoms with van der Waals surface area (Å²) in [7, 11) is 3.22. The van der Waals surface area contributed by atoms with Gasteiger partial charge in [0.1, 0.15) is 0 Å². The molecule has 0 heterocycles. The zero-order valence-electron chi connectivity index (χ0n) is 15.3. The Kier molecular flexibility index (Phi) is 7.49. The van der Waals surface area contributed by atoms with Crippen LogP contribution in [-0.4, -0.2) is 49.0 Å². The zero-order chi connectivity index (χ0) is 18.8. The fourth-order valence-electron chi connectivity index (χ4n) is 2.67. The summed E-state index contributed by atoms with van der Waals surface area (Å²) in [6.45, 7) is 1.87. The van der Waals surface area contributed by atoms with Crippen LogP contribution in [-0.2, 0) is 13.1 Å². The van der Waals surface area contributed by atoms with Crippen LogP contribution in [0.3, 0.4) is 0 Å². The molecule has 0 radical (unpaired) electrons. The Labute approximate surface area is 154 Å². The molecule has 0 aliphatic rings. The molecule has 4 amide bonds. The van der Waals surface area contributed by atoms with E-state index >= 15 is 0 Å². The molecule has 6 heteroatoms. The van der Waals surface area contributed by atoms with Crippen LogP contribution in [0.4, 0.5) is 9.59 Å². The van der Waals surface area contributed by atoms with Gasteiger partial charge in [-0.05, 0) is 11.1 Å². The minimum atomic E-state index is -0.162. The smallest absolute Gasteiger partial charge is 0.317 e. The predicted octanol–water partition coefficient (Wildman–Crippen LogP) is 2.67. The van der Waals surface area contributed by atoms with Crippen molar-refractivity contribution in [3.63, 3.8) is 0 Å². The van der Waals surface area contributed by atoms with Gasteiger partial charge in [0.15, 0.2) is 0 Å². The Balaban J connectivity index is 2.04. The van der Waals surface area contributed by atoms with E-state index in [1.54, 1.807) is 23.9 Å². The molecule has 0 fully saturated rings. The van der Waals surface area contributed by atoms with Crippen molar-refractivity contribution in [3.05, 3.63) is 71.8 Å². The molecule has 0 aromatic heterocycles. The Hall–Kier alpha value is -3.02. The summed E-state index contributed by atoms with van der Waals surface area (Å²) >= 11 is 0. The van der Waals surface area contributed by atoms with Gasteiger partial charge in [-0.2, -0.15) is 0 Å². The Morgan fingerprint density at radius 1 is 0.692 bits per heavy atom. The SMILES string of the molecule is CNC(=O)N(CCN(Cc1ccccc1)C(=O)NC)Cc1ccccc1. The molecule has 0 bridgehead atoms. The lowest BCUT2D eigenvalue weighted by Gasteiger charge is -2.27. The van der Waals surface area contributed by atoms with Gasteiger partial charge in [0.05, 0.1) is 0 Å². The standard InChI is InChI=1S/C20H26N4O2/c1-21-19(25)23(15-17-9-5-3-6-10-17)13-14-24(20(26)22-2)16-18-11-7-4-8-12-18/h3-12H,13-16H2,1-2H3,(H,21,25)(H,22,26). The van der Waals surface area contributed by atoms with Gasteiger partial charge in [-0.3, -0.25) is 0 Å². The van der Waals surface area contributed by atoms with Crippen molar-refractivity contribution in [3.8, 4) is 0 Å². The number of hydrogen-bond acceptors (Lipinski definition) is 2. The minimum Gasteiger partial charge on any atom is -0.341 e. The summed E-state index contributed by atoms with van der Waals surface area (Å²) in [4.78, 5) is 27.9. The first kappa shape index (κ1) is 19.3. The maximum atomic E-state index is 12.2. The van der Waals surface area contributed by atoms with E-state index in [2.05, 4.69) is 10.6 Å². The Morgan fingerprint density at radius 3 is 1.35 bits per heavy atom. The molecule has 0 saturated carbocycles. The van der Waals surface area contributed by atoms with Gasteiger partial charge in [0, 0.05) is 40.3 Å². The first-order valence-corrected chi connectivity index (χ1v) is 8.65. The van der Waals surface area contributed by atoms with Crippen molar-refractivity contribution in [2.45, 2.75) is 13.1 Å². The number of carbonyl (C=O) groups excluding carboxylic acids is 2. The zero-order valence-corrected chi connectivity index (χ0v) is 15.3. The van der Waals surface area contributed by atoms with Crippen LogP contribution >= 0.6 is 0 Å². The number of rotatable bonds is 7. The maximum Gasteiger partial charge on any atom is 0.317 e. The van der Waals surface area contributed by atoms with E-state index in [-0.39, 0.29) is 12.1 Å². The van der Waals surface area contributed by atoms with Gasteiger partial charge in [-0.25, -0.2) is 9.59 Å². The Morgan fingerprint density at radius 2 is 1.04 bits per heavy atom. The second kappa shape index (κ2) is 10.1. The summed E-state index contributed by atoms with van der Waals surface area (Å²) < 4.78 is 0. The molecule has 0 unspecified atom stereocenters. The van der Waals surface area contributed by atoms with Gasteiger partial charge >= 0.3 is 12.1 Å². The van der Waals surface area contributed by atoms with E-state index in [4.69, 9.17) is 0 Å². The summed E-state index contributed by atoms with van der Waals surface area (Å²) in [6, 6.07) is 19.3. The third-order valence-corrected chi connectivity index (χ3v) is 4.07. The fraction of sp³-hybridized carbons (Fsp3) is 0.300. The van der Waals surface area contributed by atoms with Crippen molar-refractivity contribution < 1.29 is 9.59 Å². The second-order valence-corrected chi connectivity index (χ2v) is 5.92. The van der Waals surface area contributed by atoms with Crippen LogP contribution in [0.1, 0.15) is 11.1 Å². The van der Waals surface area contributed by atoms with Crippen molar-refractivity contribution in [2.24, 2.45) is 0 Å². The van der Waals surface area contributed by atoms with Gasteiger partial charge < -0.3 is 20.4 Å². The van der Waals surface area contributed by atoms with E-state index in [0.29, 0.717) is 26.2 Å². The number of nitrogens with zero attached hydrogens (tertiary/aromatic N) is 2. The third-order valence-electron chi connectivity index (χ3n) is 4.07. The molecule has 2 aromatic carbocycles. The number of hydrogen-bond donors (Lipinski definition) is 2. The van der Waals surface area contributed by atoms with Gasteiger partial charge in [-0.1, -0.05) is 60.7 Å². The molecular weight excluding hydrogens is 328 g/mol. The van der Waals surface area contributed by atoms with Crippen molar-refractivity contribution in [1.82, 2.24) is 20.4 Å². The number of benzene rings is 2. The Bertz CT molecular complexity index is 630. The molecule has 2 N–H and O–H groups in total. The van der Waals surface area contributed by atoms with Gasteiger partial charge in [-0.15, -0.1) is 0 Å². The predicted molar refractivity (Wildman–Crippen MR) is 103 cm³/mol. The van der Waals surface area contributed by atoms with Crippen LogP contribution in [0.2, 0.25) is 0 Å². The molecule has 0 aliphatic heterocycles. The first-order valence-electron chi connectivity index (χ1n) is 8.65. The summed E-state index contributed by atoms with van der Waals surface area (Å²) in [5.74, 6) is 0. The van der Waals surface area contributed by atoms with Crippen LogP contribution in [0.5, 0.6) is 0 Å². The molecule has 2 rings (SSSR count). The number of urea groups is 2. The lowest BCUT2D eigenvalue weighted by atomic mass is 10.2. The topological polar surface area (TPSA) is 64.7 Å². The fourth-order valence-corrected chi connectivity index (χ4v) is 2.67. The van der Waals surface area contributed by atoms with Crippen LogP contribution in [0, 0.1) is 0 Å². The van der Waals surface area contributed by atoms with Crippen molar-refractivity contribution in [1.29, 1.82) is 0 Å². The molecule has 0 saturated heterocycles. The summed E-state index contributed by atoms with van der Waals surface area (Å²) in [5.41, 5.74) is 2.09. The highest BCUT2D eigenvalue weighted by Crippen LogP contribution is 2.08. The second-order valence-electron chi connectivity index (χ2n) is 5.92. The average molecular weight is 354 g/mol. The molecular formula is C20H26N4O2. The molecule has 138 valence electrons. The van der Waals surface area contributed by atoms with Crippen molar-refractivity contribution in [2.75, 3.05) is 27.2 Å². The van der Waals surface area contributed by atoms with E-state index in [1.807, 2.05) is 60.7 Å². The lowest BCUT2D eigenvalue weighted by molar-refractivity contribution is 0.173. The average Bonchev–Trinajstić information content (AvgIpc) is 2.70. The molecule has 0 atom stereocenters. The largest absolute Gasteiger partial charge is 0.341 e. The maximum absolute atomic E-state index is 12.2. The quantitative estimate of drug-likeness (QED) is 0.803. The number of carbonyl (C=O) groups is 2. The molecule has 0 spiro atoms. The first-order chi connectivity index (χ1) is 12.6. The highest BCUT2D eigenvalue weighted by atomic mass is 16.2. The van der Waals surface area contributed by atoms with E-state index in [9.17, 15) is 9.59 Å². The van der Waals surface area contributed by atoms with Crippen molar-refractivity contribution >= 4 is 12.1 Å².